The number of benzene rings is 1. The first-order chi connectivity index (χ1) is 9.81. The fourth-order valence-electron chi connectivity index (χ4n) is 1.90. The molecular weight excluding hydrogens is 332 g/mol. The van der Waals surface area contributed by atoms with Gasteiger partial charge in [-0.3, -0.25) is 0 Å². The minimum absolute atomic E-state index is 0.820. The van der Waals surface area contributed by atoms with Crippen LogP contribution >= 0.6 is 27.3 Å². The first-order valence-corrected chi connectivity index (χ1v) is 7.92. The van der Waals surface area contributed by atoms with Gasteiger partial charge in [0.15, 0.2) is 0 Å². The number of halogens is 1. The van der Waals surface area contributed by atoms with Gasteiger partial charge in [0.25, 0.3) is 0 Å². The molecule has 0 bridgehead atoms. The van der Waals surface area contributed by atoms with Gasteiger partial charge in [0.05, 0.1) is 11.9 Å². The lowest BCUT2D eigenvalue weighted by Gasteiger charge is -2.03. The van der Waals surface area contributed by atoms with Crippen LogP contribution in [-0.4, -0.2) is 4.98 Å². The lowest BCUT2D eigenvalue weighted by Crippen LogP contribution is -1.97. The molecule has 100 valence electrons. The molecule has 1 N–H and O–H groups in total. The van der Waals surface area contributed by atoms with Crippen molar-refractivity contribution in [1.82, 2.24) is 4.98 Å². The van der Waals surface area contributed by atoms with E-state index in [1.807, 2.05) is 35.7 Å². The van der Waals surface area contributed by atoms with E-state index in [1.165, 1.54) is 15.3 Å². The summed E-state index contributed by atoms with van der Waals surface area (Å²) in [4.78, 5) is 6.82. The zero-order chi connectivity index (χ0) is 13.8. The summed E-state index contributed by atoms with van der Waals surface area (Å²) >= 11 is 5.15. The van der Waals surface area contributed by atoms with Gasteiger partial charge < -0.3 is 5.32 Å². The minimum Gasteiger partial charge on any atom is -0.379 e. The molecule has 2 aromatic heterocycles. The summed E-state index contributed by atoms with van der Waals surface area (Å²) < 4.78 is 0.852. The van der Waals surface area contributed by atoms with Crippen molar-refractivity contribution in [1.29, 1.82) is 0 Å². The topological polar surface area (TPSA) is 24.9 Å². The quantitative estimate of drug-likeness (QED) is 0.659. The molecule has 0 aliphatic carbocycles. The van der Waals surface area contributed by atoms with E-state index in [4.69, 9.17) is 0 Å². The second-order valence-corrected chi connectivity index (χ2v) is 6.34. The summed E-state index contributed by atoms with van der Waals surface area (Å²) in [5.41, 5.74) is 2.30. The Morgan fingerprint density at radius 3 is 2.60 bits per heavy atom. The molecule has 0 fully saturated rings. The zero-order valence-corrected chi connectivity index (χ0v) is 13.1. The Morgan fingerprint density at radius 1 is 1.00 bits per heavy atom. The van der Waals surface area contributed by atoms with Crippen molar-refractivity contribution >= 4 is 33.0 Å². The van der Waals surface area contributed by atoms with Crippen LogP contribution in [0.4, 0.5) is 5.69 Å². The molecule has 2 heterocycles. The molecule has 2 nitrogen and oxygen atoms in total. The molecule has 0 unspecified atom stereocenters. The molecule has 3 rings (SSSR count). The summed E-state index contributed by atoms with van der Waals surface area (Å²) in [5.74, 6) is 0. The predicted molar refractivity (Wildman–Crippen MR) is 89.0 cm³/mol. The van der Waals surface area contributed by atoms with Crippen molar-refractivity contribution in [2.45, 2.75) is 6.54 Å². The molecule has 0 aliphatic rings. The van der Waals surface area contributed by atoms with Crippen molar-refractivity contribution in [2.75, 3.05) is 5.32 Å². The average molecular weight is 345 g/mol. The van der Waals surface area contributed by atoms with E-state index in [-0.39, 0.29) is 0 Å². The Kier molecular flexibility index (Phi) is 4.14. The maximum absolute atomic E-state index is 4.20. The zero-order valence-electron chi connectivity index (χ0n) is 10.7. The number of anilines is 1. The van der Waals surface area contributed by atoms with Gasteiger partial charge in [-0.15, -0.1) is 11.3 Å². The Hall–Kier alpha value is -1.65. The lowest BCUT2D eigenvalue weighted by atomic mass is 10.2. The van der Waals surface area contributed by atoms with Gasteiger partial charge >= 0.3 is 0 Å². The molecule has 0 aliphatic heterocycles. The molecular formula is C16H13BrN2S. The fourth-order valence-corrected chi connectivity index (χ4v) is 3.09. The number of nitrogens with zero attached hydrogens (tertiary/aromatic N) is 1. The second kappa shape index (κ2) is 6.20. The van der Waals surface area contributed by atoms with Crippen molar-refractivity contribution in [3.8, 4) is 10.4 Å². The molecule has 0 atom stereocenters. The van der Waals surface area contributed by atoms with Crippen molar-refractivity contribution < 1.29 is 0 Å². The first-order valence-electron chi connectivity index (χ1n) is 6.31. The number of hydrogen-bond acceptors (Lipinski definition) is 3. The third kappa shape index (κ3) is 3.26. The molecule has 0 saturated carbocycles. The van der Waals surface area contributed by atoms with E-state index in [1.54, 1.807) is 0 Å². The highest BCUT2D eigenvalue weighted by Crippen LogP contribution is 2.28. The molecule has 0 spiro atoms. The van der Waals surface area contributed by atoms with Crippen LogP contribution < -0.4 is 5.32 Å². The van der Waals surface area contributed by atoms with Crippen LogP contribution in [0, 0.1) is 0 Å². The van der Waals surface area contributed by atoms with E-state index < -0.39 is 0 Å². The van der Waals surface area contributed by atoms with Crippen LogP contribution in [0.25, 0.3) is 10.4 Å². The molecule has 0 radical (unpaired) electrons. The summed E-state index contributed by atoms with van der Waals surface area (Å²) in [7, 11) is 0. The van der Waals surface area contributed by atoms with Gasteiger partial charge in [0.1, 0.15) is 4.60 Å². The van der Waals surface area contributed by atoms with Crippen LogP contribution in [0.2, 0.25) is 0 Å². The fraction of sp³-hybridized carbons (Fsp3) is 0.0625. The monoisotopic (exact) mass is 344 g/mol. The highest BCUT2D eigenvalue weighted by molar-refractivity contribution is 9.10. The van der Waals surface area contributed by atoms with Crippen molar-refractivity contribution in [3.63, 3.8) is 0 Å². The number of aromatic nitrogens is 1. The number of nitrogens with one attached hydrogen (secondary N) is 1. The largest absolute Gasteiger partial charge is 0.379 e. The van der Waals surface area contributed by atoms with Crippen LogP contribution in [0.15, 0.2) is 65.4 Å². The average Bonchev–Trinajstić information content (AvgIpc) is 2.97. The highest BCUT2D eigenvalue weighted by atomic mass is 79.9. The summed E-state index contributed by atoms with van der Waals surface area (Å²) in [5, 5.41) is 3.38. The number of thiophene rings is 1. The van der Waals surface area contributed by atoms with Crippen LogP contribution in [-0.2, 0) is 6.54 Å². The standard InChI is InChI=1S/C16H13BrN2S/c17-16-9-6-13(10-19-16)18-11-14-7-8-15(20-14)12-4-2-1-3-5-12/h1-10,18H,11H2. The van der Waals surface area contributed by atoms with E-state index in [0.29, 0.717) is 0 Å². The summed E-state index contributed by atoms with van der Waals surface area (Å²) in [6.45, 7) is 0.820. The molecule has 0 amide bonds. The van der Waals surface area contributed by atoms with Crippen molar-refractivity contribution in [3.05, 3.63) is 70.3 Å². The summed E-state index contributed by atoms with van der Waals surface area (Å²) in [6.07, 6.45) is 1.83. The lowest BCUT2D eigenvalue weighted by molar-refractivity contribution is 1.16. The van der Waals surface area contributed by atoms with Crippen LogP contribution in [0.3, 0.4) is 0 Å². The van der Waals surface area contributed by atoms with Gasteiger partial charge in [-0.25, -0.2) is 4.98 Å². The summed E-state index contributed by atoms with van der Waals surface area (Å²) in [6, 6.07) is 18.8. The third-order valence-corrected chi connectivity index (χ3v) is 4.52. The van der Waals surface area contributed by atoms with E-state index in [0.717, 1.165) is 16.8 Å². The van der Waals surface area contributed by atoms with Crippen molar-refractivity contribution in [2.24, 2.45) is 0 Å². The number of pyridine rings is 1. The minimum atomic E-state index is 0.820. The van der Waals surface area contributed by atoms with E-state index in [9.17, 15) is 0 Å². The molecule has 4 heteroatoms. The van der Waals surface area contributed by atoms with Crippen LogP contribution in [0.5, 0.6) is 0 Å². The Morgan fingerprint density at radius 2 is 1.85 bits per heavy atom. The van der Waals surface area contributed by atoms with E-state index in [2.05, 4.69) is 62.6 Å². The highest BCUT2D eigenvalue weighted by Gasteiger charge is 2.02. The van der Waals surface area contributed by atoms with Gasteiger partial charge in [0, 0.05) is 16.3 Å². The van der Waals surface area contributed by atoms with Gasteiger partial charge in [-0.2, -0.15) is 0 Å². The van der Waals surface area contributed by atoms with Gasteiger partial charge in [0.2, 0.25) is 0 Å². The Bertz CT molecular complexity index is 677. The second-order valence-electron chi connectivity index (χ2n) is 4.36. The smallest absolute Gasteiger partial charge is 0.106 e. The number of rotatable bonds is 4. The normalized spacial score (nSPS) is 10.4. The maximum Gasteiger partial charge on any atom is 0.106 e. The predicted octanol–water partition coefficient (Wildman–Crippen LogP) is 5.18. The maximum atomic E-state index is 4.20. The number of hydrogen-bond donors (Lipinski definition) is 1. The molecule has 1 aromatic carbocycles. The Balaban J connectivity index is 1.67. The third-order valence-electron chi connectivity index (χ3n) is 2.91. The first kappa shape index (κ1) is 13.3. The van der Waals surface area contributed by atoms with Crippen LogP contribution in [0.1, 0.15) is 4.88 Å². The Labute approximate surface area is 130 Å². The molecule has 3 aromatic rings. The van der Waals surface area contributed by atoms with Gasteiger partial charge in [-0.1, -0.05) is 30.3 Å². The van der Waals surface area contributed by atoms with Gasteiger partial charge in [-0.05, 0) is 45.8 Å². The van der Waals surface area contributed by atoms with E-state index >= 15 is 0 Å². The molecule has 20 heavy (non-hydrogen) atoms. The molecule has 0 saturated heterocycles. The SMILES string of the molecule is Brc1ccc(NCc2ccc(-c3ccccc3)s2)cn1.